The molecule has 0 saturated carbocycles. The molecule has 26 heavy (non-hydrogen) atoms. The van der Waals surface area contributed by atoms with Crippen molar-refractivity contribution in [1.29, 1.82) is 0 Å². The van der Waals surface area contributed by atoms with E-state index < -0.39 is 5.54 Å². The number of ether oxygens (including phenoxy) is 1. The van der Waals surface area contributed by atoms with Gasteiger partial charge >= 0.3 is 0 Å². The molecule has 1 fully saturated rings. The molecule has 1 atom stereocenters. The lowest BCUT2D eigenvalue weighted by atomic mass is 9.90. The van der Waals surface area contributed by atoms with Crippen molar-refractivity contribution in [1.82, 2.24) is 20.4 Å². The van der Waals surface area contributed by atoms with E-state index in [1.165, 1.54) is 0 Å². The number of nitrogens with zero attached hydrogens (tertiary/aromatic N) is 2. The highest BCUT2D eigenvalue weighted by molar-refractivity contribution is 5.93. The fraction of sp³-hybridized carbons (Fsp3) is 0.500. The molecule has 140 valence electrons. The van der Waals surface area contributed by atoms with Gasteiger partial charge in [0, 0.05) is 18.8 Å². The normalized spacial score (nSPS) is 20.2. The Hall–Kier alpha value is -2.61. The predicted octanol–water partition coefficient (Wildman–Crippen LogP) is 1.64. The lowest BCUT2D eigenvalue weighted by Gasteiger charge is -2.40. The van der Waals surface area contributed by atoms with E-state index in [9.17, 15) is 9.59 Å². The first-order chi connectivity index (χ1) is 12.5. The van der Waals surface area contributed by atoms with Crippen LogP contribution in [0, 0.1) is 6.92 Å². The molecule has 8 nitrogen and oxygen atoms in total. The van der Waals surface area contributed by atoms with Gasteiger partial charge in [0.1, 0.15) is 24.7 Å². The molecule has 0 aromatic carbocycles. The van der Waals surface area contributed by atoms with Crippen LogP contribution in [0.25, 0.3) is 0 Å². The third-order valence-corrected chi connectivity index (χ3v) is 4.45. The minimum Gasteiger partial charge on any atom is -0.467 e. The highest BCUT2D eigenvalue weighted by atomic mass is 16.5. The number of aryl methyl sites for hydroxylation is 1. The second-order valence-corrected chi connectivity index (χ2v) is 6.94. The number of piperidine rings is 1. The molecule has 1 unspecified atom stereocenters. The molecule has 1 aliphatic rings. The van der Waals surface area contributed by atoms with E-state index in [-0.39, 0.29) is 25.0 Å². The summed E-state index contributed by atoms with van der Waals surface area (Å²) < 4.78 is 10.6. The first kappa shape index (κ1) is 18.2. The molecule has 1 saturated heterocycles. The summed E-state index contributed by atoms with van der Waals surface area (Å²) in [4.78, 5) is 26.5. The summed E-state index contributed by atoms with van der Waals surface area (Å²) in [6, 6.07) is 5.28. The number of aromatic nitrogens is 2. The molecular formula is C18H24N4O4. The highest BCUT2D eigenvalue weighted by Crippen LogP contribution is 2.21. The number of furan rings is 1. The van der Waals surface area contributed by atoms with Crippen LogP contribution in [-0.4, -0.2) is 52.1 Å². The van der Waals surface area contributed by atoms with E-state index in [2.05, 4.69) is 15.5 Å². The van der Waals surface area contributed by atoms with Crippen molar-refractivity contribution in [3.8, 4) is 0 Å². The first-order valence-corrected chi connectivity index (χ1v) is 8.68. The largest absolute Gasteiger partial charge is 0.467 e. The summed E-state index contributed by atoms with van der Waals surface area (Å²) in [5.74, 6) is 0.357. The number of carbonyl (C=O) groups is 2. The number of H-pyrrole nitrogens is 1. The number of rotatable bonds is 6. The third-order valence-electron chi connectivity index (χ3n) is 4.45. The molecular weight excluding hydrogens is 336 g/mol. The molecule has 0 aliphatic carbocycles. The van der Waals surface area contributed by atoms with Gasteiger partial charge in [-0.3, -0.25) is 14.7 Å². The number of likely N-dealkylation sites (tertiary alicyclic amines) is 1. The molecule has 2 N–H and O–H groups in total. The monoisotopic (exact) mass is 360 g/mol. The van der Waals surface area contributed by atoms with Crippen LogP contribution in [0.15, 0.2) is 28.9 Å². The Balaban J connectivity index is 1.52. The van der Waals surface area contributed by atoms with Crippen molar-refractivity contribution >= 4 is 11.8 Å². The minimum absolute atomic E-state index is 0.0106. The quantitative estimate of drug-likeness (QED) is 0.816. The molecule has 1 aliphatic heterocycles. The molecule has 0 bridgehead atoms. The Labute approximate surface area is 151 Å². The summed E-state index contributed by atoms with van der Waals surface area (Å²) in [5, 5.41) is 9.76. The van der Waals surface area contributed by atoms with Crippen molar-refractivity contribution in [2.24, 2.45) is 0 Å². The molecule has 2 aromatic rings. The molecule has 0 spiro atoms. The van der Waals surface area contributed by atoms with Gasteiger partial charge in [0.2, 0.25) is 5.91 Å². The lowest BCUT2D eigenvalue weighted by Crippen LogP contribution is -2.58. The van der Waals surface area contributed by atoms with E-state index in [1.807, 2.05) is 13.8 Å². The SMILES string of the molecule is Cc1cc(C(=O)NC2(C)CCCN(C(=O)COCc3ccco3)C2)n[nH]1. The third kappa shape index (κ3) is 4.51. The lowest BCUT2D eigenvalue weighted by molar-refractivity contribution is -0.139. The second-order valence-electron chi connectivity index (χ2n) is 6.94. The van der Waals surface area contributed by atoms with Crippen molar-refractivity contribution in [2.45, 2.75) is 38.8 Å². The molecule has 2 amide bonds. The molecule has 3 rings (SSSR count). The number of amides is 2. The van der Waals surface area contributed by atoms with Crippen molar-refractivity contribution < 1.29 is 18.7 Å². The fourth-order valence-corrected chi connectivity index (χ4v) is 3.15. The van der Waals surface area contributed by atoms with Crippen LogP contribution >= 0.6 is 0 Å². The van der Waals surface area contributed by atoms with Gasteiger partial charge in [0.25, 0.3) is 5.91 Å². The van der Waals surface area contributed by atoms with Gasteiger partial charge in [-0.2, -0.15) is 5.10 Å². The molecule has 2 aromatic heterocycles. The maximum atomic E-state index is 12.4. The van der Waals surface area contributed by atoms with Crippen LogP contribution in [-0.2, 0) is 16.1 Å². The summed E-state index contributed by atoms with van der Waals surface area (Å²) in [5.41, 5.74) is 0.696. The van der Waals surface area contributed by atoms with E-state index in [0.29, 0.717) is 24.5 Å². The van der Waals surface area contributed by atoms with Gasteiger partial charge < -0.3 is 19.4 Å². The highest BCUT2D eigenvalue weighted by Gasteiger charge is 2.35. The van der Waals surface area contributed by atoms with E-state index in [0.717, 1.165) is 18.5 Å². The van der Waals surface area contributed by atoms with Crippen LogP contribution in [0.1, 0.15) is 41.7 Å². The Morgan fingerprint density at radius 3 is 3.04 bits per heavy atom. The summed E-state index contributed by atoms with van der Waals surface area (Å²) in [6.07, 6.45) is 3.19. The zero-order valence-electron chi connectivity index (χ0n) is 15.1. The standard InChI is InChI=1S/C18H24N4O4/c1-13-9-15(21-20-13)17(24)19-18(2)6-4-7-22(12-18)16(23)11-25-10-14-5-3-8-26-14/h3,5,8-9H,4,6-7,10-12H2,1-2H3,(H,19,24)(H,20,21). The summed E-state index contributed by atoms with van der Waals surface area (Å²) in [7, 11) is 0. The maximum absolute atomic E-state index is 12.4. The summed E-state index contributed by atoms with van der Waals surface area (Å²) in [6.45, 7) is 5.16. The number of carbonyl (C=O) groups excluding carboxylic acids is 2. The number of hydrogen-bond acceptors (Lipinski definition) is 5. The van der Waals surface area contributed by atoms with E-state index in [4.69, 9.17) is 9.15 Å². The Bertz CT molecular complexity index is 755. The molecule has 8 heteroatoms. The Morgan fingerprint density at radius 1 is 1.50 bits per heavy atom. The van der Waals surface area contributed by atoms with Gasteiger partial charge in [-0.25, -0.2) is 0 Å². The van der Waals surface area contributed by atoms with Gasteiger partial charge in [-0.1, -0.05) is 0 Å². The smallest absolute Gasteiger partial charge is 0.272 e. The van der Waals surface area contributed by atoms with Crippen molar-refractivity contribution in [2.75, 3.05) is 19.7 Å². The second kappa shape index (κ2) is 7.74. The summed E-state index contributed by atoms with van der Waals surface area (Å²) >= 11 is 0. The fourth-order valence-electron chi connectivity index (χ4n) is 3.15. The van der Waals surface area contributed by atoms with Gasteiger partial charge in [0.05, 0.1) is 11.8 Å². The molecule has 3 heterocycles. The average Bonchev–Trinajstić information content (AvgIpc) is 3.26. The predicted molar refractivity (Wildman–Crippen MR) is 93.4 cm³/mol. The van der Waals surface area contributed by atoms with E-state index in [1.54, 1.807) is 29.4 Å². The average molecular weight is 360 g/mol. The van der Waals surface area contributed by atoms with E-state index >= 15 is 0 Å². The van der Waals surface area contributed by atoms with Crippen LogP contribution < -0.4 is 5.32 Å². The zero-order valence-corrected chi connectivity index (χ0v) is 15.1. The van der Waals surface area contributed by atoms with Gasteiger partial charge in [0.15, 0.2) is 0 Å². The Kier molecular flexibility index (Phi) is 5.41. The minimum atomic E-state index is -0.487. The first-order valence-electron chi connectivity index (χ1n) is 8.68. The van der Waals surface area contributed by atoms with Gasteiger partial charge in [-0.15, -0.1) is 0 Å². The van der Waals surface area contributed by atoms with Crippen LogP contribution in [0.3, 0.4) is 0 Å². The maximum Gasteiger partial charge on any atom is 0.272 e. The number of nitrogens with one attached hydrogen (secondary N) is 2. The van der Waals surface area contributed by atoms with Crippen LogP contribution in [0.5, 0.6) is 0 Å². The van der Waals surface area contributed by atoms with Crippen molar-refractivity contribution in [3.63, 3.8) is 0 Å². The van der Waals surface area contributed by atoms with Crippen molar-refractivity contribution in [3.05, 3.63) is 41.6 Å². The van der Waals surface area contributed by atoms with Gasteiger partial charge in [-0.05, 0) is 44.9 Å². The number of hydrogen-bond donors (Lipinski definition) is 2. The number of aromatic amines is 1. The topological polar surface area (TPSA) is 100 Å². The Morgan fingerprint density at radius 2 is 2.35 bits per heavy atom. The zero-order chi connectivity index (χ0) is 18.6. The van der Waals surface area contributed by atoms with Crippen LogP contribution in [0.4, 0.5) is 0 Å². The molecule has 0 radical (unpaired) electrons. The van der Waals surface area contributed by atoms with Crippen LogP contribution in [0.2, 0.25) is 0 Å².